The molecular formula is C20H31ClN4O2. The maximum Gasteiger partial charge on any atom is 0.193 e. The lowest BCUT2D eigenvalue weighted by atomic mass is 9.94. The van der Waals surface area contributed by atoms with Crippen LogP contribution in [0.3, 0.4) is 0 Å². The molecular weight excluding hydrogens is 364 g/mol. The highest BCUT2D eigenvalue weighted by Gasteiger charge is 2.33. The molecule has 2 heterocycles. The van der Waals surface area contributed by atoms with E-state index in [1.807, 2.05) is 19.2 Å². The van der Waals surface area contributed by atoms with Gasteiger partial charge in [0, 0.05) is 84.5 Å². The van der Waals surface area contributed by atoms with E-state index >= 15 is 0 Å². The van der Waals surface area contributed by atoms with E-state index in [4.69, 9.17) is 21.1 Å². The molecule has 0 radical (unpaired) electrons. The van der Waals surface area contributed by atoms with Gasteiger partial charge in [0.2, 0.25) is 0 Å². The van der Waals surface area contributed by atoms with Crippen molar-refractivity contribution in [2.45, 2.75) is 25.0 Å². The highest BCUT2D eigenvalue weighted by Crippen LogP contribution is 2.23. The van der Waals surface area contributed by atoms with Gasteiger partial charge in [-0.15, -0.1) is 0 Å². The van der Waals surface area contributed by atoms with Crippen molar-refractivity contribution in [2.24, 2.45) is 4.99 Å². The van der Waals surface area contributed by atoms with Gasteiger partial charge in [-0.05, 0) is 17.7 Å². The molecule has 3 rings (SSSR count). The number of aliphatic imine (C=N–C) groups is 1. The third kappa shape index (κ3) is 5.57. The van der Waals surface area contributed by atoms with E-state index < -0.39 is 0 Å². The van der Waals surface area contributed by atoms with E-state index in [9.17, 15) is 0 Å². The van der Waals surface area contributed by atoms with Gasteiger partial charge in [-0.3, -0.25) is 9.89 Å². The van der Waals surface area contributed by atoms with Crippen molar-refractivity contribution in [3.05, 3.63) is 34.9 Å². The zero-order valence-electron chi connectivity index (χ0n) is 16.4. The Kier molecular flexibility index (Phi) is 7.35. The SMILES string of the molecule is CN=C(NCC1(OC)CCOCC1)N1CCN(Cc2ccc(Cl)cc2)CC1. The average Bonchev–Trinajstić information content (AvgIpc) is 2.72. The van der Waals surface area contributed by atoms with Crippen LogP contribution in [0.15, 0.2) is 29.3 Å². The Labute approximate surface area is 167 Å². The minimum Gasteiger partial charge on any atom is -0.381 e. The maximum atomic E-state index is 5.97. The molecule has 1 aromatic carbocycles. The largest absolute Gasteiger partial charge is 0.381 e. The summed E-state index contributed by atoms with van der Waals surface area (Å²) in [4.78, 5) is 9.30. The van der Waals surface area contributed by atoms with Gasteiger partial charge in [-0.25, -0.2) is 0 Å². The first-order chi connectivity index (χ1) is 13.1. The lowest BCUT2D eigenvalue weighted by molar-refractivity contribution is -0.0858. The van der Waals surface area contributed by atoms with Gasteiger partial charge in [0.1, 0.15) is 0 Å². The van der Waals surface area contributed by atoms with E-state index in [2.05, 4.69) is 32.2 Å². The van der Waals surface area contributed by atoms with Gasteiger partial charge in [0.25, 0.3) is 0 Å². The maximum absolute atomic E-state index is 5.97. The summed E-state index contributed by atoms with van der Waals surface area (Å²) < 4.78 is 11.3. The molecule has 2 aliphatic rings. The zero-order valence-corrected chi connectivity index (χ0v) is 17.2. The predicted octanol–water partition coefficient (Wildman–Crippen LogP) is 2.23. The van der Waals surface area contributed by atoms with Crippen molar-refractivity contribution in [3.8, 4) is 0 Å². The van der Waals surface area contributed by atoms with Gasteiger partial charge in [-0.1, -0.05) is 23.7 Å². The fraction of sp³-hybridized carbons (Fsp3) is 0.650. The summed E-state index contributed by atoms with van der Waals surface area (Å²) in [6, 6.07) is 8.13. The molecule has 7 heteroatoms. The Morgan fingerprint density at radius 3 is 2.44 bits per heavy atom. The minimum absolute atomic E-state index is 0.148. The van der Waals surface area contributed by atoms with Crippen LogP contribution in [0.4, 0.5) is 0 Å². The summed E-state index contributed by atoms with van der Waals surface area (Å²) in [5.74, 6) is 0.962. The number of nitrogens with one attached hydrogen (secondary N) is 1. The van der Waals surface area contributed by atoms with Gasteiger partial charge >= 0.3 is 0 Å². The molecule has 1 aromatic rings. The average molecular weight is 395 g/mol. The molecule has 1 N–H and O–H groups in total. The van der Waals surface area contributed by atoms with Crippen LogP contribution >= 0.6 is 11.6 Å². The lowest BCUT2D eigenvalue weighted by Crippen LogP contribution is -2.55. The number of benzene rings is 1. The molecule has 27 heavy (non-hydrogen) atoms. The van der Waals surface area contributed by atoms with Crippen LogP contribution in [0.5, 0.6) is 0 Å². The fourth-order valence-electron chi connectivity index (χ4n) is 3.73. The van der Waals surface area contributed by atoms with Crippen molar-refractivity contribution in [1.29, 1.82) is 0 Å². The van der Waals surface area contributed by atoms with Gasteiger partial charge < -0.3 is 19.7 Å². The molecule has 0 spiro atoms. The van der Waals surface area contributed by atoms with Gasteiger partial charge in [0.05, 0.1) is 5.60 Å². The quantitative estimate of drug-likeness (QED) is 0.613. The van der Waals surface area contributed by atoms with Crippen molar-refractivity contribution in [1.82, 2.24) is 15.1 Å². The second-order valence-corrected chi connectivity index (χ2v) is 7.73. The molecule has 0 unspecified atom stereocenters. The molecule has 2 fully saturated rings. The van der Waals surface area contributed by atoms with Gasteiger partial charge in [-0.2, -0.15) is 0 Å². The second kappa shape index (κ2) is 9.73. The van der Waals surface area contributed by atoms with Crippen LogP contribution in [0.1, 0.15) is 18.4 Å². The Bertz CT molecular complexity index is 609. The van der Waals surface area contributed by atoms with E-state index in [-0.39, 0.29) is 5.60 Å². The monoisotopic (exact) mass is 394 g/mol. The number of nitrogens with zero attached hydrogens (tertiary/aromatic N) is 3. The number of ether oxygens (including phenoxy) is 2. The summed E-state index contributed by atoms with van der Waals surface area (Å²) in [5, 5.41) is 4.32. The third-order valence-electron chi connectivity index (χ3n) is 5.61. The predicted molar refractivity (Wildman–Crippen MR) is 109 cm³/mol. The number of hydrogen-bond donors (Lipinski definition) is 1. The van der Waals surface area contributed by atoms with E-state index in [0.29, 0.717) is 0 Å². The molecule has 2 aliphatic heterocycles. The Balaban J connectivity index is 1.47. The topological polar surface area (TPSA) is 49.3 Å². The molecule has 150 valence electrons. The zero-order chi connectivity index (χ0) is 19.1. The van der Waals surface area contributed by atoms with Crippen LogP contribution in [-0.4, -0.2) is 81.5 Å². The molecule has 0 amide bonds. The molecule has 6 nitrogen and oxygen atoms in total. The molecule has 0 atom stereocenters. The first-order valence-electron chi connectivity index (χ1n) is 9.69. The lowest BCUT2D eigenvalue weighted by Gasteiger charge is -2.39. The number of piperazine rings is 1. The molecule has 0 bridgehead atoms. The molecule has 2 saturated heterocycles. The number of rotatable bonds is 5. The third-order valence-corrected chi connectivity index (χ3v) is 5.86. The van der Waals surface area contributed by atoms with Crippen LogP contribution in [0, 0.1) is 0 Å². The van der Waals surface area contributed by atoms with Crippen LogP contribution in [0.25, 0.3) is 0 Å². The smallest absolute Gasteiger partial charge is 0.193 e. The number of methoxy groups -OCH3 is 1. The summed E-state index contributed by atoms with van der Waals surface area (Å²) in [5.41, 5.74) is 1.15. The highest BCUT2D eigenvalue weighted by atomic mass is 35.5. The van der Waals surface area contributed by atoms with Gasteiger partial charge in [0.15, 0.2) is 5.96 Å². The molecule has 0 aliphatic carbocycles. The number of halogens is 1. The standard InChI is InChI=1S/C20H31ClN4O2/c1-22-19(23-16-20(26-2)7-13-27-14-8-20)25-11-9-24(10-12-25)15-17-3-5-18(21)6-4-17/h3-6H,7-16H2,1-2H3,(H,22,23). The van der Waals surface area contributed by atoms with Crippen LogP contribution in [-0.2, 0) is 16.0 Å². The molecule has 0 saturated carbocycles. The van der Waals surface area contributed by atoms with Crippen LogP contribution < -0.4 is 5.32 Å². The van der Waals surface area contributed by atoms with Crippen molar-refractivity contribution in [3.63, 3.8) is 0 Å². The summed E-state index contributed by atoms with van der Waals surface area (Å²) in [6.07, 6.45) is 1.84. The summed E-state index contributed by atoms with van der Waals surface area (Å²) >= 11 is 5.97. The van der Waals surface area contributed by atoms with Crippen molar-refractivity contribution < 1.29 is 9.47 Å². The number of hydrogen-bond acceptors (Lipinski definition) is 4. The van der Waals surface area contributed by atoms with Crippen LogP contribution in [0.2, 0.25) is 5.02 Å². The Morgan fingerprint density at radius 1 is 1.19 bits per heavy atom. The minimum atomic E-state index is -0.148. The first-order valence-corrected chi connectivity index (χ1v) is 10.1. The van der Waals surface area contributed by atoms with E-state index in [0.717, 1.165) is 76.3 Å². The summed E-state index contributed by atoms with van der Waals surface area (Å²) in [6.45, 7) is 7.23. The van der Waals surface area contributed by atoms with E-state index in [1.165, 1.54) is 5.56 Å². The van der Waals surface area contributed by atoms with Crippen molar-refractivity contribution >= 4 is 17.6 Å². The molecule has 0 aromatic heterocycles. The van der Waals surface area contributed by atoms with Crippen molar-refractivity contribution in [2.75, 3.05) is 60.1 Å². The summed E-state index contributed by atoms with van der Waals surface area (Å²) in [7, 11) is 3.65. The first kappa shape index (κ1) is 20.4. The Morgan fingerprint density at radius 2 is 1.85 bits per heavy atom. The second-order valence-electron chi connectivity index (χ2n) is 7.29. The fourth-order valence-corrected chi connectivity index (χ4v) is 3.86. The number of guanidine groups is 1. The highest BCUT2D eigenvalue weighted by molar-refractivity contribution is 6.30. The Hall–Kier alpha value is -1.34. The normalized spacial score (nSPS) is 21.3. The van der Waals surface area contributed by atoms with E-state index in [1.54, 1.807) is 7.11 Å².